The molecule has 0 bridgehead atoms. The molecule has 8 heteroatoms. The summed E-state index contributed by atoms with van der Waals surface area (Å²) in [7, 11) is -4.63. The van der Waals surface area contributed by atoms with Gasteiger partial charge in [-0.15, -0.1) is 0 Å². The molecule has 28 heavy (non-hydrogen) atoms. The van der Waals surface area contributed by atoms with Crippen LogP contribution < -0.4 is 5.32 Å². The third-order valence-corrected chi connectivity index (χ3v) is 4.88. The fraction of sp³-hybridized carbons (Fsp3) is 0.850. The third-order valence-electron chi connectivity index (χ3n) is 4.39. The first-order valence-electron chi connectivity index (χ1n) is 10.7. The van der Waals surface area contributed by atoms with Gasteiger partial charge in [-0.1, -0.05) is 70.4 Å². The molecule has 0 unspecified atom stereocenters. The van der Waals surface area contributed by atoms with Gasteiger partial charge in [-0.3, -0.25) is 9.32 Å². The average Bonchev–Trinajstić information content (AvgIpc) is 2.62. The molecule has 0 aliphatic heterocycles. The van der Waals surface area contributed by atoms with E-state index < -0.39 is 20.7 Å². The summed E-state index contributed by atoms with van der Waals surface area (Å²) in [4.78, 5) is 28.6. The molecule has 166 valence electrons. The van der Waals surface area contributed by atoms with E-state index in [0.717, 1.165) is 38.5 Å². The fourth-order valence-electron chi connectivity index (χ4n) is 2.82. The number of phosphoric acid groups is 1. The molecular formula is C20H40NO6P. The third kappa shape index (κ3) is 21.6. The number of carbonyl (C=O) groups is 1. The van der Waals surface area contributed by atoms with Crippen molar-refractivity contribution in [3.8, 4) is 0 Å². The van der Waals surface area contributed by atoms with E-state index in [4.69, 9.17) is 9.79 Å². The SMILES string of the molecule is CCCCCCCC/C=C\CCCCCCCC(=O)N[C@@H](O)COP(=O)(O)O. The molecule has 0 spiro atoms. The zero-order valence-electron chi connectivity index (χ0n) is 17.4. The van der Waals surface area contributed by atoms with Gasteiger partial charge in [0.2, 0.25) is 5.91 Å². The second-order valence-corrected chi connectivity index (χ2v) is 8.44. The van der Waals surface area contributed by atoms with Crippen LogP contribution >= 0.6 is 7.82 Å². The summed E-state index contributed by atoms with van der Waals surface area (Å²) in [6.45, 7) is 1.60. The van der Waals surface area contributed by atoms with Gasteiger partial charge in [0.25, 0.3) is 0 Å². The summed E-state index contributed by atoms with van der Waals surface area (Å²) in [5, 5.41) is 11.6. The van der Waals surface area contributed by atoms with Gasteiger partial charge in [-0.25, -0.2) is 4.57 Å². The van der Waals surface area contributed by atoms with Gasteiger partial charge < -0.3 is 20.2 Å². The van der Waals surface area contributed by atoms with Gasteiger partial charge in [0, 0.05) is 6.42 Å². The number of unbranched alkanes of at least 4 members (excludes halogenated alkanes) is 11. The molecule has 0 aliphatic rings. The van der Waals surface area contributed by atoms with Crippen LogP contribution in [0.25, 0.3) is 0 Å². The lowest BCUT2D eigenvalue weighted by Gasteiger charge is -2.13. The quantitative estimate of drug-likeness (QED) is 0.105. The highest BCUT2D eigenvalue weighted by molar-refractivity contribution is 7.46. The van der Waals surface area contributed by atoms with Gasteiger partial charge in [0.1, 0.15) is 6.61 Å². The van der Waals surface area contributed by atoms with Crippen molar-refractivity contribution >= 4 is 13.7 Å². The van der Waals surface area contributed by atoms with E-state index in [2.05, 4.69) is 28.9 Å². The lowest BCUT2D eigenvalue weighted by atomic mass is 10.1. The summed E-state index contributed by atoms with van der Waals surface area (Å²) in [5.41, 5.74) is 0. The maximum atomic E-state index is 11.6. The molecule has 0 aromatic rings. The number of aliphatic hydroxyl groups excluding tert-OH is 1. The molecule has 0 aromatic heterocycles. The topological polar surface area (TPSA) is 116 Å². The van der Waals surface area contributed by atoms with Crippen LogP contribution in [0.4, 0.5) is 0 Å². The van der Waals surface area contributed by atoms with Crippen LogP contribution in [0.1, 0.15) is 96.8 Å². The lowest BCUT2D eigenvalue weighted by Crippen LogP contribution is -2.37. The van der Waals surface area contributed by atoms with E-state index in [1.165, 1.54) is 44.9 Å². The summed E-state index contributed by atoms with van der Waals surface area (Å²) < 4.78 is 14.6. The highest BCUT2D eigenvalue weighted by Crippen LogP contribution is 2.35. The molecule has 0 aliphatic carbocycles. The van der Waals surface area contributed by atoms with Crippen LogP contribution in [-0.2, 0) is 13.9 Å². The number of rotatable bonds is 19. The standard InChI is InChI=1S/C20H40NO6P/c1-2-3-4-5-6-7-8-9-10-11-12-13-14-15-16-17-19(22)21-20(23)18-27-28(24,25)26/h9-10,20,23H,2-8,11-18H2,1H3,(H,21,22)(H2,24,25,26)/b10-9-/t20-/m0/s1. The van der Waals surface area contributed by atoms with Crippen LogP contribution in [0.15, 0.2) is 12.2 Å². The number of hydrogen-bond acceptors (Lipinski definition) is 4. The molecule has 4 N–H and O–H groups in total. The van der Waals surface area contributed by atoms with Crippen LogP contribution in [0.5, 0.6) is 0 Å². The van der Waals surface area contributed by atoms with Gasteiger partial charge in [0.05, 0.1) is 0 Å². The molecule has 0 heterocycles. The highest BCUT2D eigenvalue weighted by Gasteiger charge is 2.17. The molecule has 0 fully saturated rings. The Balaban J connectivity index is 3.39. The summed E-state index contributed by atoms with van der Waals surface area (Å²) in [6.07, 6.45) is 18.8. The molecule has 0 aromatic carbocycles. The minimum absolute atomic E-state index is 0.283. The van der Waals surface area contributed by atoms with Crippen LogP contribution in [0, 0.1) is 0 Å². The minimum atomic E-state index is -4.63. The van der Waals surface area contributed by atoms with Crippen molar-refractivity contribution in [1.82, 2.24) is 5.32 Å². The molecule has 0 saturated carbocycles. The Morgan fingerprint density at radius 2 is 1.43 bits per heavy atom. The molecule has 1 amide bonds. The fourth-order valence-corrected chi connectivity index (χ4v) is 3.16. The van der Waals surface area contributed by atoms with E-state index in [1.54, 1.807) is 0 Å². The van der Waals surface area contributed by atoms with E-state index in [1.807, 2.05) is 0 Å². The normalized spacial score (nSPS) is 13.1. The molecule has 0 saturated heterocycles. The largest absolute Gasteiger partial charge is 0.469 e. The van der Waals surface area contributed by atoms with Crippen LogP contribution in [0.3, 0.4) is 0 Å². The number of phosphoric ester groups is 1. The molecule has 7 nitrogen and oxygen atoms in total. The minimum Gasteiger partial charge on any atom is -0.371 e. The molecule has 0 rings (SSSR count). The zero-order chi connectivity index (χ0) is 21.1. The first-order valence-corrected chi connectivity index (χ1v) is 12.2. The second kappa shape index (κ2) is 18.3. The highest BCUT2D eigenvalue weighted by atomic mass is 31.2. The number of carbonyl (C=O) groups excluding carboxylic acids is 1. The summed E-state index contributed by atoms with van der Waals surface area (Å²) in [5.74, 6) is -0.348. The van der Waals surface area contributed by atoms with Gasteiger partial charge in [-0.05, 0) is 32.1 Å². The Morgan fingerprint density at radius 3 is 1.96 bits per heavy atom. The predicted octanol–water partition coefficient (Wildman–Crippen LogP) is 4.57. The Kier molecular flexibility index (Phi) is 17.8. The van der Waals surface area contributed by atoms with E-state index in [0.29, 0.717) is 0 Å². The predicted molar refractivity (Wildman–Crippen MR) is 112 cm³/mol. The zero-order valence-corrected chi connectivity index (χ0v) is 18.2. The Labute approximate surface area is 170 Å². The maximum Gasteiger partial charge on any atom is 0.469 e. The average molecular weight is 422 g/mol. The number of hydrogen-bond donors (Lipinski definition) is 4. The molecule has 1 atom stereocenters. The van der Waals surface area contributed by atoms with Crippen molar-refractivity contribution in [3.63, 3.8) is 0 Å². The summed E-state index contributed by atoms with van der Waals surface area (Å²) in [6, 6.07) is 0. The Bertz CT molecular complexity index is 452. The van der Waals surface area contributed by atoms with E-state index in [9.17, 15) is 14.5 Å². The second-order valence-electron chi connectivity index (χ2n) is 7.20. The number of aliphatic hydroxyl groups is 1. The van der Waals surface area contributed by atoms with Gasteiger partial charge in [-0.2, -0.15) is 0 Å². The Hall–Kier alpha value is -0.720. The van der Waals surface area contributed by atoms with Crippen molar-refractivity contribution in [2.45, 2.75) is 103 Å². The van der Waals surface area contributed by atoms with Crippen molar-refractivity contribution in [2.75, 3.05) is 6.61 Å². The lowest BCUT2D eigenvalue weighted by molar-refractivity contribution is -0.124. The first-order chi connectivity index (χ1) is 13.3. The number of amides is 1. The Morgan fingerprint density at radius 1 is 0.929 bits per heavy atom. The number of allylic oxidation sites excluding steroid dienone is 2. The van der Waals surface area contributed by atoms with E-state index >= 15 is 0 Å². The van der Waals surface area contributed by atoms with Crippen LogP contribution in [-0.4, -0.2) is 33.6 Å². The smallest absolute Gasteiger partial charge is 0.371 e. The van der Waals surface area contributed by atoms with Crippen molar-refractivity contribution in [1.29, 1.82) is 0 Å². The molecular weight excluding hydrogens is 381 g/mol. The van der Waals surface area contributed by atoms with Crippen molar-refractivity contribution < 1.29 is 28.8 Å². The first kappa shape index (κ1) is 27.3. The van der Waals surface area contributed by atoms with Crippen molar-refractivity contribution in [2.24, 2.45) is 0 Å². The molecule has 0 radical (unpaired) electrons. The monoisotopic (exact) mass is 421 g/mol. The van der Waals surface area contributed by atoms with Crippen molar-refractivity contribution in [3.05, 3.63) is 12.2 Å². The van der Waals surface area contributed by atoms with Crippen LogP contribution in [0.2, 0.25) is 0 Å². The van der Waals surface area contributed by atoms with Gasteiger partial charge >= 0.3 is 7.82 Å². The number of nitrogens with one attached hydrogen (secondary N) is 1. The maximum absolute atomic E-state index is 11.6. The van der Waals surface area contributed by atoms with Gasteiger partial charge in [0.15, 0.2) is 6.23 Å². The van der Waals surface area contributed by atoms with E-state index in [-0.39, 0.29) is 12.3 Å². The summed E-state index contributed by atoms with van der Waals surface area (Å²) >= 11 is 0.